The molecule has 2 nitrogen and oxygen atoms in total. The molecule has 1 aliphatic rings. The number of hydrogen-bond acceptors (Lipinski definition) is 2. The SMILES string of the molecule is CNCC1CCN(C(C)C)C1c1cc(Br)ccc1Cl. The Balaban J connectivity index is 2.37. The summed E-state index contributed by atoms with van der Waals surface area (Å²) in [5, 5.41) is 4.20. The lowest BCUT2D eigenvalue weighted by atomic mass is 9.93. The van der Waals surface area contributed by atoms with Gasteiger partial charge in [-0.3, -0.25) is 4.90 Å². The van der Waals surface area contributed by atoms with Crippen LogP contribution in [0.5, 0.6) is 0 Å². The van der Waals surface area contributed by atoms with Gasteiger partial charge in [0.1, 0.15) is 0 Å². The third-order valence-electron chi connectivity index (χ3n) is 3.97. The second-order valence-corrected chi connectivity index (χ2v) is 6.87. The molecule has 1 aromatic rings. The maximum Gasteiger partial charge on any atom is 0.0454 e. The molecule has 2 atom stereocenters. The van der Waals surface area contributed by atoms with E-state index in [9.17, 15) is 0 Å². The van der Waals surface area contributed by atoms with Gasteiger partial charge in [0.15, 0.2) is 0 Å². The average Bonchev–Trinajstić information content (AvgIpc) is 2.76. The molecule has 0 spiro atoms. The standard InChI is InChI=1S/C15H22BrClN2/c1-10(2)19-7-6-11(9-18-3)15(19)13-8-12(16)4-5-14(13)17/h4-5,8,10-11,15,18H,6-7,9H2,1-3H3. The van der Waals surface area contributed by atoms with Crippen LogP contribution in [0.3, 0.4) is 0 Å². The van der Waals surface area contributed by atoms with Gasteiger partial charge in [-0.25, -0.2) is 0 Å². The van der Waals surface area contributed by atoms with Crippen molar-refractivity contribution in [2.45, 2.75) is 32.4 Å². The van der Waals surface area contributed by atoms with Gasteiger partial charge >= 0.3 is 0 Å². The lowest BCUT2D eigenvalue weighted by molar-refractivity contribution is 0.182. The van der Waals surface area contributed by atoms with Crippen LogP contribution in [0.1, 0.15) is 31.9 Å². The zero-order chi connectivity index (χ0) is 14.0. The van der Waals surface area contributed by atoms with Crippen LogP contribution in [-0.2, 0) is 0 Å². The molecule has 0 radical (unpaired) electrons. The van der Waals surface area contributed by atoms with Gasteiger partial charge in [-0.2, -0.15) is 0 Å². The molecule has 0 aliphatic carbocycles. The number of halogens is 2. The third kappa shape index (κ3) is 3.33. The van der Waals surface area contributed by atoms with Gasteiger partial charge in [0, 0.05) is 21.6 Å². The van der Waals surface area contributed by atoms with E-state index in [0.717, 1.165) is 22.6 Å². The highest BCUT2D eigenvalue weighted by Crippen LogP contribution is 2.41. The normalized spacial score (nSPS) is 24.3. The average molecular weight is 346 g/mol. The molecule has 1 fully saturated rings. The quantitative estimate of drug-likeness (QED) is 0.884. The van der Waals surface area contributed by atoms with Crippen molar-refractivity contribution < 1.29 is 0 Å². The number of nitrogens with zero attached hydrogens (tertiary/aromatic N) is 1. The van der Waals surface area contributed by atoms with E-state index in [1.165, 1.54) is 12.0 Å². The molecular weight excluding hydrogens is 324 g/mol. The van der Waals surface area contributed by atoms with E-state index in [0.29, 0.717) is 18.0 Å². The molecule has 19 heavy (non-hydrogen) atoms. The monoisotopic (exact) mass is 344 g/mol. The number of hydrogen-bond donors (Lipinski definition) is 1. The molecule has 4 heteroatoms. The van der Waals surface area contributed by atoms with E-state index in [1.54, 1.807) is 0 Å². The zero-order valence-electron chi connectivity index (χ0n) is 11.8. The minimum absolute atomic E-state index is 0.414. The van der Waals surface area contributed by atoms with Crippen molar-refractivity contribution in [1.29, 1.82) is 0 Å². The first-order valence-corrected chi connectivity index (χ1v) is 8.07. The highest BCUT2D eigenvalue weighted by atomic mass is 79.9. The minimum Gasteiger partial charge on any atom is -0.319 e. The Hall–Kier alpha value is -0.0900. The summed E-state index contributed by atoms with van der Waals surface area (Å²) < 4.78 is 1.10. The van der Waals surface area contributed by atoms with Crippen molar-refractivity contribution in [3.05, 3.63) is 33.3 Å². The molecule has 2 rings (SSSR count). The van der Waals surface area contributed by atoms with Crippen LogP contribution in [-0.4, -0.2) is 31.1 Å². The maximum absolute atomic E-state index is 6.44. The van der Waals surface area contributed by atoms with Crippen LogP contribution in [0, 0.1) is 5.92 Å². The van der Waals surface area contributed by atoms with Gasteiger partial charge in [-0.15, -0.1) is 0 Å². The van der Waals surface area contributed by atoms with Gasteiger partial charge in [0.2, 0.25) is 0 Å². The van der Waals surface area contributed by atoms with Crippen LogP contribution in [0.15, 0.2) is 22.7 Å². The lowest BCUT2D eigenvalue weighted by Gasteiger charge is -2.32. The number of benzene rings is 1. The molecule has 1 aliphatic heterocycles. The van der Waals surface area contributed by atoms with Crippen LogP contribution >= 0.6 is 27.5 Å². The Bertz CT molecular complexity index is 436. The van der Waals surface area contributed by atoms with Crippen LogP contribution < -0.4 is 5.32 Å². The summed E-state index contributed by atoms with van der Waals surface area (Å²) in [7, 11) is 2.03. The van der Waals surface area contributed by atoms with Crippen molar-refractivity contribution in [2.24, 2.45) is 5.92 Å². The van der Waals surface area contributed by atoms with Gasteiger partial charge in [0.25, 0.3) is 0 Å². The Morgan fingerprint density at radius 1 is 1.47 bits per heavy atom. The van der Waals surface area contributed by atoms with E-state index in [1.807, 2.05) is 19.2 Å². The molecule has 1 N–H and O–H groups in total. The molecule has 0 bridgehead atoms. The van der Waals surface area contributed by atoms with E-state index in [2.05, 4.69) is 46.1 Å². The van der Waals surface area contributed by atoms with E-state index in [-0.39, 0.29) is 0 Å². The Morgan fingerprint density at radius 2 is 2.21 bits per heavy atom. The molecular formula is C15H22BrClN2. The van der Waals surface area contributed by atoms with Gasteiger partial charge < -0.3 is 5.32 Å². The molecule has 1 heterocycles. The molecule has 0 amide bonds. The number of rotatable bonds is 4. The van der Waals surface area contributed by atoms with E-state index >= 15 is 0 Å². The van der Waals surface area contributed by atoms with E-state index < -0.39 is 0 Å². The molecule has 1 saturated heterocycles. The summed E-state index contributed by atoms with van der Waals surface area (Å²) in [6.07, 6.45) is 1.23. The first-order valence-electron chi connectivity index (χ1n) is 6.90. The Labute approximate surface area is 129 Å². The Morgan fingerprint density at radius 3 is 2.84 bits per heavy atom. The first kappa shape index (κ1) is 15.3. The van der Waals surface area contributed by atoms with Crippen molar-refractivity contribution in [3.8, 4) is 0 Å². The first-order chi connectivity index (χ1) is 9.04. The largest absolute Gasteiger partial charge is 0.319 e. The summed E-state index contributed by atoms with van der Waals surface area (Å²) in [5.41, 5.74) is 1.25. The lowest BCUT2D eigenvalue weighted by Crippen LogP contribution is -2.34. The van der Waals surface area contributed by atoms with E-state index in [4.69, 9.17) is 11.6 Å². The highest BCUT2D eigenvalue weighted by molar-refractivity contribution is 9.10. The number of nitrogens with one attached hydrogen (secondary N) is 1. The highest BCUT2D eigenvalue weighted by Gasteiger charge is 2.37. The van der Waals surface area contributed by atoms with Crippen molar-refractivity contribution in [3.63, 3.8) is 0 Å². The Kier molecular flexibility index (Phi) is 5.29. The maximum atomic E-state index is 6.44. The zero-order valence-corrected chi connectivity index (χ0v) is 14.1. The second kappa shape index (κ2) is 6.57. The summed E-state index contributed by atoms with van der Waals surface area (Å²) in [4.78, 5) is 2.57. The predicted octanol–water partition coefficient (Wildman–Crippen LogP) is 4.09. The van der Waals surface area contributed by atoms with Crippen molar-refractivity contribution in [1.82, 2.24) is 10.2 Å². The smallest absolute Gasteiger partial charge is 0.0454 e. The molecule has 1 aromatic carbocycles. The van der Waals surface area contributed by atoms with Crippen LogP contribution in [0.2, 0.25) is 5.02 Å². The molecule has 2 unspecified atom stereocenters. The number of likely N-dealkylation sites (tertiary alicyclic amines) is 1. The molecule has 0 saturated carbocycles. The second-order valence-electron chi connectivity index (χ2n) is 5.55. The fraction of sp³-hybridized carbons (Fsp3) is 0.600. The molecule has 0 aromatic heterocycles. The van der Waals surface area contributed by atoms with Crippen molar-refractivity contribution in [2.75, 3.05) is 20.1 Å². The third-order valence-corrected chi connectivity index (χ3v) is 4.81. The van der Waals surface area contributed by atoms with Gasteiger partial charge in [0.05, 0.1) is 0 Å². The summed E-state index contributed by atoms with van der Waals surface area (Å²) in [6.45, 7) is 6.72. The van der Waals surface area contributed by atoms with Crippen LogP contribution in [0.25, 0.3) is 0 Å². The van der Waals surface area contributed by atoms with Gasteiger partial charge in [-0.05, 0) is 70.1 Å². The predicted molar refractivity (Wildman–Crippen MR) is 85.8 cm³/mol. The summed E-state index contributed by atoms with van der Waals surface area (Å²) >= 11 is 10.0. The van der Waals surface area contributed by atoms with Crippen molar-refractivity contribution >= 4 is 27.5 Å². The van der Waals surface area contributed by atoms with Gasteiger partial charge in [-0.1, -0.05) is 27.5 Å². The van der Waals surface area contributed by atoms with Crippen LogP contribution in [0.4, 0.5) is 0 Å². The fourth-order valence-corrected chi connectivity index (χ4v) is 3.72. The summed E-state index contributed by atoms with van der Waals surface area (Å²) in [6, 6.07) is 7.14. The topological polar surface area (TPSA) is 15.3 Å². The fourth-order valence-electron chi connectivity index (χ4n) is 3.11. The summed E-state index contributed by atoms with van der Waals surface area (Å²) in [5.74, 6) is 0.624. The minimum atomic E-state index is 0.414. The molecule has 106 valence electrons.